The number of aromatic nitrogens is 3. The molecule has 15 heteroatoms. The summed E-state index contributed by atoms with van der Waals surface area (Å²) in [6, 6.07) is 0. The van der Waals surface area contributed by atoms with Crippen LogP contribution in [-0.2, 0) is 48.2 Å². The third kappa shape index (κ3) is 15.4. The van der Waals surface area contributed by atoms with Crippen LogP contribution in [0.3, 0.4) is 0 Å². The maximum Gasteiger partial charge on any atom is 0.336 e. The first-order valence-electron chi connectivity index (χ1n) is 14.1. The van der Waals surface area contributed by atoms with Gasteiger partial charge < -0.3 is 14.2 Å². The third-order valence-electron chi connectivity index (χ3n) is 5.39. The van der Waals surface area contributed by atoms with Crippen LogP contribution in [0.2, 0.25) is 0 Å². The minimum Gasteiger partial charge on any atom is -0.464 e. The fraction of sp³-hybridized carbons (Fsp3) is 0.778. The number of ether oxygens (including phenoxy) is 3. The lowest BCUT2D eigenvalue weighted by molar-refractivity contribution is -0.144. The quantitative estimate of drug-likeness (QED) is 0.142. The van der Waals surface area contributed by atoms with Gasteiger partial charge in [0.2, 0.25) is 0 Å². The number of hydrogen-bond acceptors (Lipinski definition) is 12. The molecule has 1 aromatic rings. The van der Waals surface area contributed by atoms with Crippen molar-refractivity contribution in [2.75, 3.05) is 37.1 Å². The zero-order valence-corrected chi connectivity index (χ0v) is 27.9. The molecular formula is C27H45N3O9S3. The van der Waals surface area contributed by atoms with Crippen LogP contribution in [-0.4, -0.2) is 84.4 Å². The summed E-state index contributed by atoms with van der Waals surface area (Å²) >= 11 is 4.82. The van der Waals surface area contributed by atoms with Gasteiger partial charge in [-0.2, -0.15) is 35.3 Å². The van der Waals surface area contributed by atoms with Crippen molar-refractivity contribution in [2.24, 2.45) is 0 Å². The molecule has 0 amide bonds. The van der Waals surface area contributed by atoms with E-state index < -0.39 is 35.0 Å². The van der Waals surface area contributed by atoms with E-state index in [0.29, 0.717) is 33.0 Å². The molecule has 0 fully saturated rings. The minimum absolute atomic E-state index is 0.184. The molecular weight excluding hydrogens is 607 g/mol. The lowest BCUT2D eigenvalue weighted by atomic mass is 10.5. The second-order valence-electron chi connectivity index (χ2n) is 9.97. The molecule has 0 atom stereocenters. The third-order valence-corrected chi connectivity index (χ3v) is 8.71. The molecule has 0 aliphatic carbocycles. The molecule has 0 saturated carbocycles. The van der Waals surface area contributed by atoms with Gasteiger partial charge in [0.1, 0.15) is 19.8 Å². The highest BCUT2D eigenvalue weighted by Crippen LogP contribution is 2.12. The predicted octanol–water partition coefficient (Wildman–Crippen LogP) is 2.40. The first kappa shape index (κ1) is 37.9. The molecule has 12 nitrogen and oxygen atoms in total. The van der Waals surface area contributed by atoms with Gasteiger partial charge in [0.25, 0.3) is 0 Å². The number of nitrogens with zero attached hydrogens (tertiary/aromatic N) is 3. The van der Waals surface area contributed by atoms with E-state index >= 15 is 0 Å². The number of thioether (sulfide) groups is 3. The van der Waals surface area contributed by atoms with Gasteiger partial charge in [-0.15, -0.1) is 0 Å². The number of carbonyl (C=O) groups excluding carboxylic acids is 3. The van der Waals surface area contributed by atoms with E-state index in [2.05, 4.69) is 0 Å². The fourth-order valence-electron chi connectivity index (χ4n) is 3.36. The van der Waals surface area contributed by atoms with Crippen LogP contribution >= 0.6 is 35.3 Å². The average Bonchev–Trinajstić information content (AvgIpc) is 2.89. The van der Waals surface area contributed by atoms with Crippen molar-refractivity contribution >= 4 is 53.2 Å². The van der Waals surface area contributed by atoms with Gasteiger partial charge in [0.05, 0.1) is 38.9 Å². The van der Waals surface area contributed by atoms with E-state index in [4.69, 9.17) is 14.2 Å². The summed E-state index contributed by atoms with van der Waals surface area (Å²) in [6.07, 6.45) is 0.552. The molecule has 1 rings (SSSR count). The van der Waals surface area contributed by atoms with Crippen LogP contribution in [0, 0.1) is 0 Å². The standard InChI is InChI=1S/C27H45N3O9S3/c1-19(2)40-16-7-22(31)37-13-10-28-25(34)29(11-14-38-23(32)8-17-41-20(3)4)27(36)30(26(28)35)12-15-39-24(33)9-18-42-21(5)6/h19-21H,7-18H2,1-6H3. The largest absolute Gasteiger partial charge is 0.464 e. The lowest BCUT2D eigenvalue weighted by Gasteiger charge is -2.15. The summed E-state index contributed by atoms with van der Waals surface area (Å²) in [4.78, 5) is 75.4. The van der Waals surface area contributed by atoms with Gasteiger partial charge in [-0.05, 0) is 15.7 Å². The second kappa shape index (κ2) is 20.7. The Hall–Kier alpha value is -2.13. The van der Waals surface area contributed by atoms with E-state index in [1.165, 1.54) is 0 Å². The summed E-state index contributed by atoms with van der Waals surface area (Å²) < 4.78 is 17.9. The molecule has 0 N–H and O–H groups in total. The summed E-state index contributed by atoms with van der Waals surface area (Å²) in [7, 11) is 0. The summed E-state index contributed by atoms with van der Waals surface area (Å²) in [5.74, 6) is 0.355. The van der Waals surface area contributed by atoms with Crippen molar-refractivity contribution in [2.45, 2.75) is 96.2 Å². The molecule has 0 aromatic carbocycles. The molecule has 0 aliphatic rings. The Morgan fingerprint density at radius 1 is 0.524 bits per heavy atom. The number of esters is 3. The van der Waals surface area contributed by atoms with Crippen molar-refractivity contribution in [3.63, 3.8) is 0 Å². The molecule has 42 heavy (non-hydrogen) atoms. The smallest absolute Gasteiger partial charge is 0.336 e. The minimum atomic E-state index is -0.915. The Bertz CT molecular complexity index is 1000. The first-order valence-corrected chi connectivity index (χ1v) is 17.2. The topological polar surface area (TPSA) is 145 Å². The SMILES string of the molecule is CC(C)SCCC(=O)OCCn1c(=O)n(CCOC(=O)CCSC(C)C)c(=O)n(CCOC(=O)CCSC(C)C)c1=O. The summed E-state index contributed by atoms with van der Waals surface area (Å²) in [6.45, 7) is 10.5. The Kier molecular flexibility index (Phi) is 18.7. The van der Waals surface area contributed by atoms with Crippen molar-refractivity contribution in [1.29, 1.82) is 0 Å². The first-order chi connectivity index (χ1) is 19.8. The van der Waals surface area contributed by atoms with Gasteiger partial charge in [-0.3, -0.25) is 14.4 Å². The summed E-state index contributed by atoms with van der Waals surface area (Å²) in [5, 5.41) is 1.10. The number of hydrogen-bond donors (Lipinski definition) is 0. The molecule has 0 bridgehead atoms. The van der Waals surface area contributed by atoms with Crippen LogP contribution in [0.1, 0.15) is 60.8 Å². The maximum atomic E-state index is 13.1. The normalized spacial score (nSPS) is 11.4. The highest BCUT2D eigenvalue weighted by molar-refractivity contribution is 8.00. The Balaban J connectivity index is 2.99. The van der Waals surface area contributed by atoms with Gasteiger partial charge >= 0.3 is 35.0 Å². The Morgan fingerprint density at radius 2 is 0.762 bits per heavy atom. The number of rotatable bonds is 21. The van der Waals surface area contributed by atoms with Gasteiger partial charge in [-0.1, -0.05) is 41.5 Å². The fourth-order valence-corrected chi connectivity index (χ4v) is 5.63. The van der Waals surface area contributed by atoms with Crippen LogP contribution < -0.4 is 17.1 Å². The zero-order chi connectivity index (χ0) is 31.7. The van der Waals surface area contributed by atoms with Crippen molar-refractivity contribution < 1.29 is 28.6 Å². The molecule has 0 spiro atoms. The van der Waals surface area contributed by atoms with Crippen LogP contribution in [0.15, 0.2) is 14.4 Å². The highest BCUT2D eigenvalue weighted by atomic mass is 32.2. The molecule has 1 heterocycles. The van der Waals surface area contributed by atoms with E-state index in [-0.39, 0.29) is 58.7 Å². The van der Waals surface area contributed by atoms with E-state index in [9.17, 15) is 28.8 Å². The Morgan fingerprint density at radius 3 is 0.976 bits per heavy atom. The molecule has 0 saturated heterocycles. The van der Waals surface area contributed by atoms with Gasteiger partial charge in [0, 0.05) is 17.3 Å². The van der Waals surface area contributed by atoms with E-state index in [1.807, 2.05) is 41.5 Å². The molecule has 0 aliphatic heterocycles. The number of carbonyl (C=O) groups is 3. The molecule has 0 radical (unpaired) electrons. The lowest BCUT2D eigenvalue weighted by Crippen LogP contribution is -2.55. The average molecular weight is 652 g/mol. The monoisotopic (exact) mass is 651 g/mol. The molecule has 1 aromatic heterocycles. The van der Waals surface area contributed by atoms with Gasteiger partial charge in [-0.25, -0.2) is 28.1 Å². The van der Waals surface area contributed by atoms with Crippen LogP contribution in [0.4, 0.5) is 0 Å². The van der Waals surface area contributed by atoms with Crippen LogP contribution in [0.5, 0.6) is 0 Å². The van der Waals surface area contributed by atoms with Crippen molar-refractivity contribution in [3.05, 3.63) is 31.5 Å². The van der Waals surface area contributed by atoms with Crippen LogP contribution in [0.25, 0.3) is 0 Å². The predicted molar refractivity (Wildman–Crippen MR) is 169 cm³/mol. The van der Waals surface area contributed by atoms with E-state index in [0.717, 1.165) is 13.7 Å². The van der Waals surface area contributed by atoms with E-state index in [1.54, 1.807) is 35.3 Å². The maximum absolute atomic E-state index is 13.1. The Labute approximate surface area is 259 Å². The second-order valence-corrected chi connectivity index (χ2v) is 15.0. The van der Waals surface area contributed by atoms with Crippen molar-refractivity contribution in [3.8, 4) is 0 Å². The van der Waals surface area contributed by atoms with Crippen molar-refractivity contribution in [1.82, 2.24) is 13.7 Å². The zero-order valence-electron chi connectivity index (χ0n) is 25.5. The van der Waals surface area contributed by atoms with Gasteiger partial charge in [0.15, 0.2) is 0 Å². The summed E-state index contributed by atoms with van der Waals surface area (Å²) in [5.41, 5.74) is -2.75. The molecule has 240 valence electrons. The highest BCUT2D eigenvalue weighted by Gasteiger charge is 2.17. The molecule has 0 unspecified atom stereocenters.